The molecular weight excluding hydrogens is 196 g/mol. The topological polar surface area (TPSA) is 72.2 Å². The van der Waals surface area contributed by atoms with Gasteiger partial charge in [0.25, 0.3) is 0 Å². The van der Waals surface area contributed by atoms with E-state index in [1.54, 1.807) is 7.05 Å². The zero-order chi connectivity index (χ0) is 11.2. The van der Waals surface area contributed by atoms with Crippen LogP contribution in [0, 0.1) is 0 Å². The lowest BCUT2D eigenvalue weighted by Gasteiger charge is -2.18. The van der Waals surface area contributed by atoms with Crippen molar-refractivity contribution in [1.29, 1.82) is 0 Å². The van der Waals surface area contributed by atoms with Crippen LogP contribution in [0.4, 0.5) is 0 Å². The fourth-order valence-electron chi connectivity index (χ4n) is 2.11. The Morgan fingerprint density at radius 1 is 1.60 bits per heavy atom. The summed E-state index contributed by atoms with van der Waals surface area (Å²) in [6, 6.07) is 0. The number of aromatic nitrogens is 2. The average Bonchev–Trinajstić information content (AvgIpc) is 2.51. The number of carboxylic acids is 1. The van der Waals surface area contributed by atoms with Crippen LogP contribution in [0.1, 0.15) is 52.2 Å². The fraction of sp³-hybridized carbons (Fsp3) is 0.500. The lowest BCUT2D eigenvalue weighted by atomic mass is 9.86. The number of rotatable bonds is 1. The first-order chi connectivity index (χ1) is 7.02. The van der Waals surface area contributed by atoms with E-state index in [9.17, 15) is 9.59 Å². The average molecular weight is 208 g/mol. The van der Waals surface area contributed by atoms with Crippen LogP contribution in [-0.2, 0) is 7.05 Å². The molecule has 0 saturated heterocycles. The van der Waals surface area contributed by atoms with Gasteiger partial charge in [0, 0.05) is 19.0 Å². The molecule has 1 N–H and O–H groups in total. The van der Waals surface area contributed by atoms with E-state index < -0.39 is 5.97 Å². The number of hydrogen-bond acceptors (Lipinski definition) is 3. The van der Waals surface area contributed by atoms with Gasteiger partial charge in [-0.1, -0.05) is 6.92 Å². The van der Waals surface area contributed by atoms with E-state index in [2.05, 4.69) is 5.10 Å². The molecule has 0 bridgehead atoms. The summed E-state index contributed by atoms with van der Waals surface area (Å²) in [4.78, 5) is 22.6. The van der Waals surface area contributed by atoms with E-state index >= 15 is 0 Å². The molecule has 15 heavy (non-hydrogen) atoms. The highest BCUT2D eigenvalue weighted by Gasteiger charge is 2.32. The molecule has 1 aromatic rings. The molecule has 0 fully saturated rings. The van der Waals surface area contributed by atoms with E-state index in [0.717, 1.165) is 0 Å². The monoisotopic (exact) mass is 208 g/mol. The van der Waals surface area contributed by atoms with Crippen molar-refractivity contribution in [3.63, 3.8) is 0 Å². The number of fused-ring (bicyclic) bond motifs is 1. The van der Waals surface area contributed by atoms with Gasteiger partial charge in [-0.15, -0.1) is 0 Å². The molecule has 0 spiro atoms. The second-order valence-corrected chi connectivity index (χ2v) is 3.90. The van der Waals surface area contributed by atoms with Gasteiger partial charge in [-0.25, -0.2) is 4.79 Å². The third-order valence-electron chi connectivity index (χ3n) is 2.85. The molecule has 1 heterocycles. The molecule has 0 aliphatic heterocycles. The molecule has 0 radical (unpaired) electrons. The van der Waals surface area contributed by atoms with Gasteiger partial charge in [0.05, 0.1) is 0 Å². The maximum absolute atomic E-state index is 11.6. The number of hydrogen-bond donors (Lipinski definition) is 1. The van der Waals surface area contributed by atoms with E-state index in [1.165, 1.54) is 4.68 Å². The normalized spacial score (nSPS) is 20.1. The van der Waals surface area contributed by atoms with Gasteiger partial charge in [0.2, 0.25) is 0 Å². The quantitative estimate of drug-likeness (QED) is 0.752. The summed E-state index contributed by atoms with van der Waals surface area (Å²) >= 11 is 0. The lowest BCUT2D eigenvalue weighted by Crippen LogP contribution is -2.17. The molecule has 1 aromatic heterocycles. The van der Waals surface area contributed by atoms with Gasteiger partial charge < -0.3 is 5.11 Å². The summed E-state index contributed by atoms with van der Waals surface area (Å²) in [6.07, 6.45) is 1.19. The van der Waals surface area contributed by atoms with Crippen molar-refractivity contribution < 1.29 is 14.7 Å². The minimum absolute atomic E-state index is 0.00870. The zero-order valence-electron chi connectivity index (χ0n) is 8.65. The highest BCUT2D eigenvalue weighted by molar-refractivity contribution is 6.00. The van der Waals surface area contributed by atoms with E-state index in [4.69, 9.17) is 5.11 Å². The number of Topliss-reactive ketones (excluding diaryl/α,β-unsaturated/α-hetero) is 1. The Labute approximate surface area is 86.7 Å². The maximum atomic E-state index is 11.6. The predicted molar refractivity (Wildman–Crippen MR) is 52.1 cm³/mol. The molecule has 2 rings (SSSR count). The van der Waals surface area contributed by atoms with Crippen LogP contribution in [0.15, 0.2) is 0 Å². The molecule has 1 unspecified atom stereocenters. The van der Waals surface area contributed by atoms with Crippen LogP contribution in [0.2, 0.25) is 0 Å². The predicted octanol–water partition coefficient (Wildman–Crippen LogP) is 1.20. The third-order valence-corrected chi connectivity index (χ3v) is 2.85. The van der Waals surface area contributed by atoms with Gasteiger partial charge in [-0.3, -0.25) is 9.48 Å². The van der Waals surface area contributed by atoms with E-state index in [0.29, 0.717) is 24.1 Å². The number of carbonyl (C=O) groups is 2. The first kappa shape index (κ1) is 9.89. The molecule has 0 saturated carbocycles. The largest absolute Gasteiger partial charge is 0.476 e. The van der Waals surface area contributed by atoms with Crippen LogP contribution >= 0.6 is 0 Å². The minimum atomic E-state index is -1.06. The summed E-state index contributed by atoms with van der Waals surface area (Å²) in [7, 11) is 1.61. The highest BCUT2D eigenvalue weighted by Crippen LogP contribution is 2.33. The summed E-state index contributed by atoms with van der Waals surface area (Å²) < 4.78 is 1.39. The lowest BCUT2D eigenvalue weighted by molar-refractivity contribution is 0.0688. The van der Waals surface area contributed by atoms with Crippen molar-refractivity contribution in [3.8, 4) is 0 Å². The Balaban J connectivity index is 2.68. The minimum Gasteiger partial charge on any atom is -0.476 e. The van der Waals surface area contributed by atoms with Crippen molar-refractivity contribution in [2.24, 2.45) is 7.05 Å². The second-order valence-electron chi connectivity index (χ2n) is 3.90. The molecule has 1 aliphatic rings. The van der Waals surface area contributed by atoms with Crippen molar-refractivity contribution in [2.45, 2.75) is 25.7 Å². The summed E-state index contributed by atoms with van der Waals surface area (Å²) in [5.41, 5.74) is 1.08. The number of carbonyl (C=O) groups excluding carboxylic acids is 1. The molecule has 0 amide bonds. The molecule has 1 atom stereocenters. The molecule has 1 aliphatic carbocycles. The number of ketones is 1. The smallest absolute Gasteiger partial charge is 0.356 e. The summed E-state index contributed by atoms with van der Waals surface area (Å²) in [5, 5.41) is 12.9. The van der Waals surface area contributed by atoms with E-state index in [-0.39, 0.29) is 17.4 Å². The Morgan fingerprint density at radius 2 is 2.27 bits per heavy atom. The molecule has 5 heteroatoms. The number of aryl methyl sites for hydroxylation is 1. The fourth-order valence-corrected chi connectivity index (χ4v) is 2.11. The Hall–Kier alpha value is -1.65. The van der Waals surface area contributed by atoms with Crippen LogP contribution in [0.3, 0.4) is 0 Å². The molecule has 0 aromatic carbocycles. The number of aromatic carboxylic acids is 1. The van der Waals surface area contributed by atoms with Crippen molar-refractivity contribution >= 4 is 11.8 Å². The van der Waals surface area contributed by atoms with Gasteiger partial charge >= 0.3 is 5.97 Å². The highest BCUT2D eigenvalue weighted by atomic mass is 16.4. The first-order valence-electron chi connectivity index (χ1n) is 4.85. The zero-order valence-corrected chi connectivity index (χ0v) is 8.65. The number of nitrogens with zero attached hydrogens (tertiary/aromatic N) is 2. The summed E-state index contributed by atoms with van der Waals surface area (Å²) in [5.74, 6) is -0.975. The van der Waals surface area contributed by atoms with Crippen LogP contribution in [0.5, 0.6) is 0 Å². The van der Waals surface area contributed by atoms with Gasteiger partial charge in [-0.2, -0.15) is 5.10 Å². The maximum Gasteiger partial charge on any atom is 0.356 e. The summed E-state index contributed by atoms with van der Waals surface area (Å²) in [6.45, 7) is 1.93. The second kappa shape index (κ2) is 3.18. The Kier molecular flexibility index (Phi) is 2.10. The molecule has 80 valence electrons. The van der Waals surface area contributed by atoms with Gasteiger partial charge in [-0.05, 0) is 12.3 Å². The van der Waals surface area contributed by atoms with Gasteiger partial charge in [0.15, 0.2) is 11.5 Å². The SMILES string of the molecule is CC1CCC(=O)c2c1c(C(=O)O)nn2C. The van der Waals surface area contributed by atoms with Crippen molar-refractivity contribution in [3.05, 3.63) is 17.0 Å². The molecule has 5 nitrogen and oxygen atoms in total. The van der Waals surface area contributed by atoms with Crippen LogP contribution < -0.4 is 0 Å². The third kappa shape index (κ3) is 1.35. The molecular formula is C10H12N2O3. The standard InChI is InChI=1S/C10H12N2O3/c1-5-3-4-6(13)9-7(5)8(10(14)15)11-12(9)2/h5H,3-4H2,1-2H3,(H,14,15). The van der Waals surface area contributed by atoms with E-state index in [1.807, 2.05) is 6.92 Å². The Bertz CT molecular complexity index is 448. The first-order valence-corrected chi connectivity index (χ1v) is 4.85. The Morgan fingerprint density at radius 3 is 2.87 bits per heavy atom. The van der Waals surface area contributed by atoms with Crippen LogP contribution in [-0.4, -0.2) is 26.6 Å². The van der Waals surface area contributed by atoms with Crippen molar-refractivity contribution in [2.75, 3.05) is 0 Å². The van der Waals surface area contributed by atoms with Gasteiger partial charge in [0.1, 0.15) is 5.69 Å². The van der Waals surface area contributed by atoms with Crippen molar-refractivity contribution in [1.82, 2.24) is 9.78 Å². The van der Waals surface area contributed by atoms with Crippen LogP contribution in [0.25, 0.3) is 0 Å². The number of carboxylic acid groups (broad SMARTS) is 1.